The van der Waals surface area contributed by atoms with Crippen LogP contribution in [0.25, 0.3) is 0 Å². The largest absolute Gasteiger partial charge is 0.416 e. The molecule has 0 bridgehead atoms. The fourth-order valence-electron chi connectivity index (χ4n) is 5.25. The van der Waals surface area contributed by atoms with E-state index in [-0.39, 0.29) is 21.8 Å². The molecule has 0 N–H and O–H groups in total. The van der Waals surface area contributed by atoms with Crippen molar-refractivity contribution in [1.82, 2.24) is 0 Å². The van der Waals surface area contributed by atoms with Gasteiger partial charge in [0, 0.05) is 30.8 Å². The molecule has 3 saturated carbocycles. The second-order valence-electron chi connectivity index (χ2n) is 9.73. The number of ketones is 1. The highest BCUT2D eigenvalue weighted by Gasteiger charge is 2.79. The second-order valence-corrected chi connectivity index (χ2v) is 14.5. The minimum atomic E-state index is -1.77. The Morgan fingerprint density at radius 1 is 1.35 bits per heavy atom. The van der Waals surface area contributed by atoms with Crippen molar-refractivity contribution in [2.75, 3.05) is 6.61 Å². The third-order valence-corrected chi connectivity index (χ3v) is 12.3. The minimum absolute atomic E-state index is 0.197. The highest BCUT2D eigenvalue weighted by atomic mass is 28.4. The molecule has 3 fully saturated rings. The summed E-state index contributed by atoms with van der Waals surface area (Å²) in [5, 5.41) is 0.216. The lowest BCUT2D eigenvalue weighted by Crippen LogP contribution is -2.43. The number of rotatable bonds is 6. The van der Waals surface area contributed by atoms with E-state index in [0.29, 0.717) is 18.1 Å². The quantitative estimate of drug-likeness (QED) is 0.534. The van der Waals surface area contributed by atoms with Gasteiger partial charge in [0.25, 0.3) is 0 Å². The van der Waals surface area contributed by atoms with Gasteiger partial charge in [-0.05, 0) is 55.1 Å². The average molecular weight is 337 g/mol. The summed E-state index contributed by atoms with van der Waals surface area (Å²) in [6, 6.07) is 0. The molecule has 0 aromatic rings. The number of Topliss-reactive ketones (excluding diaryl/α,β-unsaturated/α-hetero) is 1. The van der Waals surface area contributed by atoms with Gasteiger partial charge in [-0.2, -0.15) is 0 Å². The molecule has 0 radical (unpaired) electrons. The van der Waals surface area contributed by atoms with Crippen molar-refractivity contribution in [2.45, 2.75) is 77.4 Å². The van der Waals surface area contributed by atoms with Gasteiger partial charge in [-0.1, -0.05) is 20.8 Å². The van der Waals surface area contributed by atoms with Crippen LogP contribution in [0.5, 0.6) is 0 Å². The van der Waals surface area contributed by atoms with Gasteiger partial charge >= 0.3 is 0 Å². The van der Waals surface area contributed by atoms with Crippen LogP contribution in [0.15, 0.2) is 0 Å². The Bertz CT molecular complexity index is 521. The summed E-state index contributed by atoms with van der Waals surface area (Å²) in [7, 11) is -1.77. The molecular formula is C19H32O3Si. The van der Waals surface area contributed by atoms with Crippen molar-refractivity contribution in [1.29, 1.82) is 0 Å². The van der Waals surface area contributed by atoms with E-state index < -0.39 is 8.32 Å². The molecule has 1 spiro atoms. The zero-order chi connectivity index (χ0) is 17.1. The van der Waals surface area contributed by atoms with Gasteiger partial charge in [0.05, 0.1) is 0 Å². The lowest BCUT2D eigenvalue weighted by molar-refractivity contribution is -0.121. The van der Waals surface area contributed by atoms with Crippen molar-refractivity contribution in [3.63, 3.8) is 0 Å². The van der Waals surface area contributed by atoms with E-state index >= 15 is 0 Å². The Kier molecular flexibility index (Phi) is 3.96. The van der Waals surface area contributed by atoms with Crippen molar-refractivity contribution < 1.29 is 14.0 Å². The third kappa shape index (κ3) is 2.39. The van der Waals surface area contributed by atoms with Gasteiger partial charge in [-0.3, -0.25) is 4.79 Å². The molecule has 0 saturated heterocycles. The van der Waals surface area contributed by atoms with Gasteiger partial charge in [-0.15, -0.1) is 0 Å². The van der Waals surface area contributed by atoms with Gasteiger partial charge in [0.2, 0.25) is 0 Å². The molecule has 4 atom stereocenters. The highest BCUT2D eigenvalue weighted by Crippen LogP contribution is 2.82. The normalized spacial score (nSPS) is 39.3. The molecule has 0 aromatic carbocycles. The van der Waals surface area contributed by atoms with Crippen molar-refractivity contribution in [3.05, 3.63) is 0 Å². The predicted octanol–water partition coefficient (Wildman–Crippen LogP) is 4.36. The second kappa shape index (κ2) is 5.25. The van der Waals surface area contributed by atoms with E-state index in [2.05, 4.69) is 33.9 Å². The SMILES string of the molecule is CC(C)(C)[Si](C)(C)OC[C@@]12C[C@@]13CCC(=O)[C@H]3C[C@H]2CCC=O. The number of carbonyl (C=O) groups excluding carboxylic acids is 2. The fourth-order valence-corrected chi connectivity index (χ4v) is 6.30. The fraction of sp³-hybridized carbons (Fsp3) is 0.895. The highest BCUT2D eigenvalue weighted by molar-refractivity contribution is 6.74. The molecule has 0 amide bonds. The van der Waals surface area contributed by atoms with Crippen LogP contribution in [0.1, 0.15) is 59.3 Å². The van der Waals surface area contributed by atoms with E-state index in [0.717, 1.165) is 45.0 Å². The summed E-state index contributed by atoms with van der Waals surface area (Å²) in [4.78, 5) is 23.2. The van der Waals surface area contributed by atoms with E-state index in [1.54, 1.807) is 0 Å². The smallest absolute Gasteiger partial charge is 0.192 e. The summed E-state index contributed by atoms with van der Waals surface area (Å²) in [6.45, 7) is 12.3. The monoisotopic (exact) mass is 336 g/mol. The van der Waals surface area contributed by atoms with Crippen LogP contribution in [-0.4, -0.2) is 27.0 Å². The molecule has 23 heavy (non-hydrogen) atoms. The Morgan fingerprint density at radius 2 is 2.04 bits per heavy atom. The number of carbonyl (C=O) groups is 2. The first kappa shape index (κ1) is 17.3. The Morgan fingerprint density at radius 3 is 2.65 bits per heavy atom. The van der Waals surface area contributed by atoms with Gasteiger partial charge < -0.3 is 9.22 Å². The van der Waals surface area contributed by atoms with Crippen LogP contribution in [0.3, 0.4) is 0 Å². The summed E-state index contributed by atoms with van der Waals surface area (Å²) >= 11 is 0. The molecule has 0 aliphatic heterocycles. The maximum atomic E-state index is 12.3. The van der Waals surface area contributed by atoms with Crippen LogP contribution in [0.2, 0.25) is 18.1 Å². The van der Waals surface area contributed by atoms with Crippen LogP contribution in [0, 0.1) is 22.7 Å². The van der Waals surface area contributed by atoms with Crippen molar-refractivity contribution >= 4 is 20.4 Å². The summed E-state index contributed by atoms with van der Waals surface area (Å²) in [5.41, 5.74) is 0.433. The van der Waals surface area contributed by atoms with Crippen LogP contribution >= 0.6 is 0 Å². The lowest BCUT2D eigenvalue weighted by Gasteiger charge is -2.38. The van der Waals surface area contributed by atoms with Crippen LogP contribution in [0.4, 0.5) is 0 Å². The molecule has 3 aliphatic carbocycles. The Balaban J connectivity index is 1.78. The van der Waals surface area contributed by atoms with E-state index in [4.69, 9.17) is 4.43 Å². The van der Waals surface area contributed by atoms with Crippen LogP contribution in [-0.2, 0) is 14.0 Å². The van der Waals surface area contributed by atoms with Crippen molar-refractivity contribution in [3.8, 4) is 0 Å². The van der Waals surface area contributed by atoms with E-state index in [1.807, 2.05) is 0 Å². The molecule has 130 valence electrons. The topological polar surface area (TPSA) is 43.4 Å². The Labute approximate surface area is 141 Å². The number of hydrogen-bond acceptors (Lipinski definition) is 3. The first-order chi connectivity index (χ1) is 10.6. The minimum Gasteiger partial charge on any atom is -0.416 e. The molecule has 4 heteroatoms. The van der Waals surface area contributed by atoms with Gasteiger partial charge in [0.1, 0.15) is 12.1 Å². The Hall–Kier alpha value is -0.483. The van der Waals surface area contributed by atoms with E-state index in [9.17, 15) is 9.59 Å². The lowest BCUT2D eigenvalue weighted by atomic mass is 9.84. The first-order valence-corrected chi connectivity index (χ1v) is 12.1. The summed E-state index contributed by atoms with van der Waals surface area (Å²) in [6.07, 6.45) is 6.61. The standard InChI is InChI=1S/C19H32O3Si/c1-17(2,3)23(4,5)22-13-19-12-18(19)9-8-16(21)15(18)11-14(19)7-6-10-20/h10,14-15H,6-9,11-13H2,1-5H3/t14-,15-,18-,19-/m1/s1. The molecule has 3 aliphatic rings. The maximum Gasteiger partial charge on any atom is 0.192 e. The maximum absolute atomic E-state index is 12.3. The molecule has 0 unspecified atom stereocenters. The third-order valence-electron chi connectivity index (χ3n) is 7.80. The molecule has 3 rings (SSSR count). The summed E-state index contributed by atoms with van der Waals surface area (Å²) < 4.78 is 6.61. The molecule has 3 nitrogen and oxygen atoms in total. The average Bonchev–Trinajstić information content (AvgIpc) is 2.89. The van der Waals surface area contributed by atoms with Gasteiger partial charge in [0.15, 0.2) is 8.32 Å². The first-order valence-electron chi connectivity index (χ1n) is 9.20. The van der Waals surface area contributed by atoms with E-state index in [1.165, 1.54) is 0 Å². The number of aldehydes is 1. The zero-order valence-corrected chi connectivity index (χ0v) is 16.4. The predicted molar refractivity (Wildman–Crippen MR) is 93.8 cm³/mol. The summed E-state index contributed by atoms with van der Waals surface area (Å²) in [5.74, 6) is 1.25. The molecular weight excluding hydrogens is 304 g/mol. The molecule has 0 aromatic heterocycles. The van der Waals surface area contributed by atoms with Crippen LogP contribution < -0.4 is 0 Å². The van der Waals surface area contributed by atoms with Gasteiger partial charge in [-0.25, -0.2) is 0 Å². The zero-order valence-electron chi connectivity index (χ0n) is 15.4. The van der Waals surface area contributed by atoms with Crippen molar-refractivity contribution in [2.24, 2.45) is 22.7 Å². The molecule has 0 heterocycles. The number of hydrogen-bond donors (Lipinski definition) is 0.